The van der Waals surface area contributed by atoms with E-state index >= 15 is 0 Å². The van der Waals surface area contributed by atoms with Crippen LogP contribution in [0.2, 0.25) is 13.1 Å². The van der Waals surface area contributed by atoms with Gasteiger partial charge in [0.1, 0.15) is 0 Å². The Kier molecular flexibility index (Phi) is 4.16. The van der Waals surface area contributed by atoms with Crippen LogP contribution in [0.15, 0.2) is 29.8 Å². The Labute approximate surface area is 109 Å². The number of hydrogen-bond donors (Lipinski definition) is 0. The molecule has 0 fully saturated rings. The Hall–Kier alpha value is -0.109. The van der Waals surface area contributed by atoms with Crippen LogP contribution in [0.1, 0.15) is 30.5 Å². The molecule has 0 amide bonds. The summed E-state index contributed by atoms with van der Waals surface area (Å²) in [5.74, 6) is 0. The molecule has 1 aromatic rings. The van der Waals surface area contributed by atoms with Gasteiger partial charge in [-0.25, -0.2) is 0 Å². The van der Waals surface area contributed by atoms with Crippen molar-refractivity contribution in [3.63, 3.8) is 0 Å². The Morgan fingerprint density at radius 3 is 2.27 bits per heavy atom. The third kappa shape index (κ3) is 2.06. The Morgan fingerprint density at radius 2 is 1.67 bits per heavy atom. The molecule has 0 aliphatic heterocycles. The van der Waals surface area contributed by atoms with Crippen LogP contribution in [-0.4, -0.2) is 8.80 Å². The van der Waals surface area contributed by atoms with Crippen molar-refractivity contribution in [2.24, 2.45) is 0 Å². The molecule has 15 heavy (non-hydrogen) atoms. The van der Waals surface area contributed by atoms with E-state index in [2.05, 4.69) is 51.2 Å². The van der Waals surface area contributed by atoms with E-state index < -0.39 is 8.80 Å². The van der Waals surface area contributed by atoms with Gasteiger partial charge in [0.2, 0.25) is 0 Å². The molecular weight excluding hydrogens is 232 g/mol. The van der Waals surface area contributed by atoms with Gasteiger partial charge in [0.05, 0.1) is 0 Å². The zero-order valence-corrected chi connectivity index (χ0v) is 12.7. The van der Waals surface area contributed by atoms with E-state index in [1.54, 1.807) is 11.1 Å². The molecular formula is C13H18SiTi. The van der Waals surface area contributed by atoms with Crippen molar-refractivity contribution < 1.29 is 21.7 Å². The van der Waals surface area contributed by atoms with Crippen molar-refractivity contribution in [2.45, 2.75) is 32.5 Å². The summed E-state index contributed by atoms with van der Waals surface area (Å²) < 4.78 is 0. The predicted molar refractivity (Wildman–Crippen MR) is 66.3 cm³/mol. The molecule has 2 rings (SSSR count). The molecule has 0 N–H and O–H groups in total. The summed E-state index contributed by atoms with van der Waals surface area (Å²) in [6.45, 7) is 9.48. The first-order chi connectivity index (χ1) is 6.63. The molecule has 0 nitrogen and oxygen atoms in total. The van der Waals surface area contributed by atoms with Crippen LogP contribution in [-0.2, 0) is 21.7 Å². The minimum Gasteiger partial charge on any atom is -0.0714 e. The minimum absolute atomic E-state index is 0. The van der Waals surface area contributed by atoms with Crippen LogP contribution in [0.4, 0.5) is 0 Å². The maximum Gasteiger partial charge on any atom is 0.0439 e. The Bertz CT molecular complexity index is 393. The fourth-order valence-electron chi connectivity index (χ4n) is 2.65. The molecule has 0 saturated carbocycles. The maximum atomic E-state index is 2.45. The molecule has 1 aliphatic rings. The molecule has 78 valence electrons. The summed E-state index contributed by atoms with van der Waals surface area (Å²) in [5, 5.41) is 0. The number of hydrogen-bond acceptors (Lipinski definition) is 0. The van der Waals surface area contributed by atoms with Crippen LogP contribution in [0.5, 0.6) is 0 Å². The van der Waals surface area contributed by atoms with Crippen LogP contribution in [0, 0.1) is 0 Å². The molecule has 0 heterocycles. The number of allylic oxidation sites excluding steroid dienone is 2. The van der Waals surface area contributed by atoms with Crippen LogP contribution in [0.3, 0.4) is 0 Å². The molecule has 1 unspecified atom stereocenters. The van der Waals surface area contributed by atoms with E-state index in [0.717, 1.165) is 5.54 Å². The van der Waals surface area contributed by atoms with Crippen molar-refractivity contribution in [1.82, 2.24) is 0 Å². The fraction of sp³-hybridized carbons (Fsp3) is 0.385. The first-order valence-corrected chi connectivity index (χ1v) is 8.37. The molecule has 0 aromatic heterocycles. The third-order valence-corrected chi connectivity index (χ3v) is 5.62. The van der Waals surface area contributed by atoms with Crippen molar-refractivity contribution in [1.29, 1.82) is 0 Å². The quantitative estimate of drug-likeness (QED) is 0.668. The van der Waals surface area contributed by atoms with E-state index in [0.29, 0.717) is 0 Å². The van der Waals surface area contributed by atoms with Gasteiger partial charge < -0.3 is 0 Å². The van der Waals surface area contributed by atoms with Gasteiger partial charge in [-0.3, -0.25) is 0 Å². The largest absolute Gasteiger partial charge is 0.0714 e. The molecule has 1 aromatic carbocycles. The van der Waals surface area contributed by atoms with Crippen molar-refractivity contribution in [2.75, 3.05) is 0 Å². The zero-order chi connectivity index (χ0) is 10.3. The van der Waals surface area contributed by atoms with E-state index in [-0.39, 0.29) is 21.7 Å². The average molecular weight is 250 g/mol. The van der Waals surface area contributed by atoms with E-state index in [1.807, 2.05) is 0 Å². The fourth-order valence-corrected chi connectivity index (χ4v) is 4.91. The molecule has 0 spiro atoms. The molecule has 2 heteroatoms. The van der Waals surface area contributed by atoms with Gasteiger partial charge >= 0.3 is 0 Å². The van der Waals surface area contributed by atoms with Gasteiger partial charge in [0.25, 0.3) is 0 Å². The second-order valence-corrected chi connectivity index (χ2v) is 7.77. The van der Waals surface area contributed by atoms with Gasteiger partial charge in [-0.2, -0.15) is 0 Å². The van der Waals surface area contributed by atoms with Crippen LogP contribution in [0.25, 0.3) is 5.57 Å². The van der Waals surface area contributed by atoms with Gasteiger partial charge in [0, 0.05) is 30.5 Å². The zero-order valence-electron chi connectivity index (χ0n) is 9.96. The van der Waals surface area contributed by atoms with Crippen molar-refractivity contribution >= 4 is 14.4 Å². The van der Waals surface area contributed by atoms with Crippen LogP contribution >= 0.6 is 0 Å². The first-order valence-electron chi connectivity index (χ1n) is 5.39. The van der Waals surface area contributed by atoms with E-state index in [4.69, 9.17) is 0 Å². The number of rotatable bonds is 1. The summed E-state index contributed by atoms with van der Waals surface area (Å²) >= 11 is 0. The minimum atomic E-state index is -0.614. The standard InChI is InChI=1S/C13H18Si.Ti/c1-9-10(2)13(14(3)4)12-8-6-5-7-11(9)12;/h5-8,13-14H,1-4H3;. The molecule has 0 radical (unpaired) electrons. The van der Waals surface area contributed by atoms with E-state index in [9.17, 15) is 0 Å². The molecule has 1 atom stereocenters. The smallest absolute Gasteiger partial charge is 0.0439 e. The summed E-state index contributed by atoms with van der Waals surface area (Å²) in [6.07, 6.45) is 0. The predicted octanol–water partition coefficient (Wildman–Crippen LogP) is 3.60. The normalized spacial score (nSPS) is 19.1. The summed E-state index contributed by atoms with van der Waals surface area (Å²) in [6, 6.07) is 8.91. The topological polar surface area (TPSA) is 0 Å². The second-order valence-electron chi connectivity index (χ2n) is 4.62. The summed E-state index contributed by atoms with van der Waals surface area (Å²) in [4.78, 5) is 0. The van der Waals surface area contributed by atoms with Gasteiger partial charge in [-0.15, -0.1) is 0 Å². The van der Waals surface area contributed by atoms with Gasteiger partial charge in [0.15, 0.2) is 0 Å². The second kappa shape index (κ2) is 4.82. The monoisotopic (exact) mass is 250 g/mol. The Balaban J connectivity index is 0.00000112. The Morgan fingerprint density at radius 1 is 1.07 bits per heavy atom. The summed E-state index contributed by atoms with van der Waals surface area (Å²) in [5.41, 5.74) is 7.01. The average Bonchev–Trinajstić information content (AvgIpc) is 2.41. The van der Waals surface area contributed by atoms with Crippen molar-refractivity contribution in [3.8, 4) is 0 Å². The number of benzene rings is 1. The molecule has 1 aliphatic carbocycles. The van der Waals surface area contributed by atoms with Crippen molar-refractivity contribution in [3.05, 3.63) is 41.0 Å². The van der Waals surface area contributed by atoms with Gasteiger partial charge in [-0.05, 0) is 36.1 Å². The van der Waals surface area contributed by atoms with E-state index in [1.165, 1.54) is 11.1 Å². The maximum absolute atomic E-state index is 2.45. The summed E-state index contributed by atoms with van der Waals surface area (Å²) in [7, 11) is -0.614. The van der Waals surface area contributed by atoms with Crippen LogP contribution < -0.4 is 0 Å². The van der Waals surface area contributed by atoms with Gasteiger partial charge in [-0.1, -0.05) is 42.9 Å². The first kappa shape index (κ1) is 13.0. The number of fused-ring (bicyclic) bond motifs is 1. The molecule has 0 saturated heterocycles. The SMILES string of the molecule is CC1=C(C)C([SiH](C)C)c2ccccc21.[Ti]. The molecule has 0 bridgehead atoms. The third-order valence-electron chi connectivity index (χ3n) is 3.42.